The first kappa shape index (κ1) is 7.95. The highest BCUT2D eigenvalue weighted by Crippen LogP contribution is 2.21. The molecule has 2 rings (SSSR count). The average Bonchev–Trinajstić information content (AvgIpc) is 2.56. The fraction of sp³-hybridized carbons (Fsp3) is 0.500. The zero-order valence-corrected chi connectivity index (χ0v) is 7.38. The van der Waals surface area contributed by atoms with Gasteiger partial charge in [-0.25, -0.2) is 0 Å². The molecule has 3 nitrogen and oxygen atoms in total. The van der Waals surface area contributed by atoms with E-state index < -0.39 is 0 Å². The number of halogens is 1. The third-order valence-corrected chi connectivity index (χ3v) is 2.26. The molecule has 1 atom stereocenters. The molecule has 1 aliphatic rings. The van der Waals surface area contributed by atoms with Crippen LogP contribution in [-0.2, 0) is 0 Å². The Kier molecular flexibility index (Phi) is 2.23. The molecule has 1 aromatic rings. The number of nitrogens with one attached hydrogen (secondary N) is 1. The summed E-state index contributed by atoms with van der Waals surface area (Å²) in [5.41, 5.74) is 0.958. The molecule has 1 fully saturated rings. The quantitative estimate of drug-likeness (QED) is 0.718. The normalized spacial score (nSPS) is 22.9. The SMILES string of the molecule is Clc1cnnc(C2CCCN2)c1. The summed E-state index contributed by atoms with van der Waals surface area (Å²) < 4.78 is 0. The summed E-state index contributed by atoms with van der Waals surface area (Å²) in [5, 5.41) is 11.8. The van der Waals surface area contributed by atoms with E-state index >= 15 is 0 Å². The first-order chi connectivity index (χ1) is 5.86. The summed E-state index contributed by atoms with van der Waals surface area (Å²) >= 11 is 5.79. The van der Waals surface area contributed by atoms with E-state index in [9.17, 15) is 0 Å². The van der Waals surface area contributed by atoms with Gasteiger partial charge in [-0.3, -0.25) is 0 Å². The molecular formula is C8H10ClN3. The average molecular weight is 184 g/mol. The molecule has 0 amide bonds. The molecule has 1 aromatic heterocycles. The molecule has 0 aromatic carbocycles. The number of nitrogens with zero attached hydrogens (tertiary/aromatic N) is 2. The standard InChI is InChI=1S/C8H10ClN3/c9-6-4-8(12-11-5-6)7-2-1-3-10-7/h4-5,7,10H,1-3H2. The molecule has 0 radical (unpaired) electrons. The highest BCUT2D eigenvalue weighted by atomic mass is 35.5. The maximum atomic E-state index is 5.79. The third-order valence-electron chi connectivity index (χ3n) is 2.06. The molecule has 64 valence electrons. The first-order valence-corrected chi connectivity index (χ1v) is 4.45. The first-order valence-electron chi connectivity index (χ1n) is 4.08. The van der Waals surface area contributed by atoms with Gasteiger partial charge in [-0.05, 0) is 25.5 Å². The molecule has 1 unspecified atom stereocenters. The van der Waals surface area contributed by atoms with Crippen molar-refractivity contribution >= 4 is 11.6 Å². The van der Waals surface area contributed by atoms with Crippen molar-refractivity contribution in [3.05, 3.63) is 23.0 Å². The van der Waals surface area contributed by atoms with Crippen LogP contribution in [0, 0.1) is 0 Å². The van der Waals surface area contributed by atoms with Crippen molar-refractivity contribution in [3.8, 4) is 0 Å². The molecule has 4 heteroatoms. The maximum Gasteiger partial charge on any atom is 0.0815 e. The summed E-state index contributed by atoms with van der Waals surface area (Å²) in [7, 11) is 0. The van der Waals surface area contributed by atoms with Crippen LogP contribution >= 0.6 is 11.6 Å². The molecule has 1 aliphatic heterocycles. The van der Waals surface area contributed by atoms with E-state index in [2.05, 4.69) is 15.5 Å². The lowest BCUT2D eigenvalue weighted by Crippen LogP contribution is -2.14. The Morgan fingerprint density at radius 3 is 3.17 bits per heavy atom. The van der Waals surface area contributed by atoms with E-state index in [0.717, 1.165) is 18.7 Å². The predicted molar refractivity (Wildman–Crippen MR) is 47.0 cm³/mol. The zero-order valence-electron chi connectivity index (χ0n) is 6.63. The Labute approximate surface area is 76.1 Å². The smallest absolute Gasteiger partial charge is 0.0815 e. The van der Waals surface area contributed by atoms with Gasteiger partial charge < -0.3 is 5.32 Å². The highest BCUT2D eigenvalue weighted by molar-refractivity contribution is 6.30. The number of aromatic nitrogens is 2. The van der Waals surface area contributed by atoms with Crippen LogP contribution in [0.5, 0.6) is 0 Å². The number of hydrogen-bond acceptors (Lipinski definition) is 3. The Bertz CT molecular complexity index is 271. The molecule has 0 spiro atoms. The van der Waals surface area contributed by atoms with E-state index in [1.54, 1.807) is 6.20 Å². The topological polar surface area (TPSA) is 37.8 Å². The lowest BCUT2D eigenvalue weighted by molar-refractivity contribution is 0.616. The van der Waals surface area contributed by atoms with Crippen molar-refractivity contribution in [3.63, 3.8) is 0 Å². The van der Waals surface area contributed by atoms with Crippen LogP contribution in [0.25, 0.3) is 0 Å². The van der Waals surface area contributed by atoms with E-state index in [1.165, 1.54) is 6.42 Å². The predicted octanol–water partition coefficient (Wildman–Crippen LogP) is 1.55. The minimum atomic E-state index is 0.358. The van der Waals surface area contributed by atoms with Gasteiger partial charge in [0.05, 0.1) is 23.0 Å². The second-order valence-corrected chi connectivity index (χ2v) is 3.38. The van der Waals surface area contributed by atoms with Gasteiger partial charge in [-0.1, -0.05) is 11.6 Å². The van der Waals surface area contributed by atoms with Gasteiger partial charge in [0.15, 0.2) is 0 Å². The van der Waals surface area contributed by atoms with Crippen LogP contribution in [0.2, 0.25) is 5.02 Å². The van der Waals surface area contributed by atoms with Crippen LogP contribution in [-0.4, -0.2) is 16.7 Å². The highest BCUT2D eigenvalue weighted by Gasteiger charge is 2.17. The van der Waals surface area contributed by atoms with Crippen molar-refractivity contribution in [1.82, 2.24) is 15.5 Å². The van der Waals surface area contributed by atoms with E-state index in [4.69, 9.17) is 11.6 Å². The van der Waals surface area contributed by atoms with Crippen molar-refractivity contribution in [2.24, 2.45) is 0 Å². The maximum absolute atomic E-state index is 5.79. The third kappa shape index (κ3) is 1.57. The molecule has 0 bridgehead atoms. The summed E-state index contributed by atoms with van der Waals surface area (Å²) in [5.74, 6) is 0. The Morgan fingerprint density at radius 1 is 1.58 bits per heavy atom. The number of hydrogen-bond donors (Lipinski definition) is 1. The molecule has 0 saturated carbocycles. The van der Waals surface area contributed by atoms with Crippen molar-refractivity contribution in [2.45, 2.75) is 18.9 Å². The summed E-state index contributed by atoms with van der Waals surface area (Å²) in [6, 6.07) is 2.23. The monoisotopic (exact) mass is 183 g/mol. The fourth-order valence-electron chi connectivity index (χ4n) is 1.47. The molecule has 1 N–H and O–H groups in total. The molecule has 0 aliphatic carbocycles. The van der Waals surface area contributed by atoms with Gasteiger partial charge >= 0.3 is 0 Å². The summed E-state index contributed by atoms with van der Waals surface area (Å²) in [6.07, 6.45) is 3.90. The van der Waals surface area contributed by atoms with Crippen LogP contribution < -0.4 is 5.32 Å². The summed E-state index contributed by atoms with van der Waals surface area (Å²) in [6.45, 7) is 1.07. The van der Waals surface area contributed by atoms with Gasteiger partial charge in [0, 0.05) is 0 Å². The fourth-order valence-corrected chi connectivity index (χ4v) is 1.62. The summed E-state index contributed by atoms with van der Waals surface area (Å²) in [4.78, 5) is 0. The number of rotatable bonds is 1. The van der Waals surface area contributed by atoms with Gasteiger partial charge in [0.2, 0.25) is 0 Å². The molecule has 2 heterocycles. The van der Waals surface area contributed by atoms with Gasteiger partial charge in [0.25, 0.3) is 0 Å². The second-order valence-electron chi connectivity index (χ2n) is 2.95. The minimum absolute atomic E-state index is 0.358. The lowest BCUT2D eigenvalue weighted by Gasteiger charge is -2.07. The minimum Gasteiger partial charge on any atom is -0.309 e. The van der Waals surface area contributed by atoms with Crippen LogP contribution in [0.4, 0.5) is 0 Å². The van der Waals surface area contributed by atoms with E-state index in [1.807, 2.05) is 6.07 Å². The molecule has 12 heavy (non-hydrogen) atoms. The second kappa shape index (κ2) is 3.37. The molecule has 1 saturated heterocycles. The Hall–Kier alpha value is -0.670. The van der Waals surface area contributed by atoms with E-state index in [-0.39, 0.29) is 0 Å². The largest absolute Gasteiger partial charge is 0.309 e. The van der Waals surface area contributed by atoms with E-state index in [0.29, 0.717) is 11.1 Å². The Morgan fingerprint density at radius 2 is 2.50 bits per heavy atom. The van der Waals surface area contributed by atoms with Gasteiger partial charge in [0.1, 0.15) is 0 Å². The molecular weight excluding hydrogens is 174 g/mol. The van der Waals surface area contributed by atoms with Gasteiger partial charge in [-0.2, -0.15) is 10.2 Å². The van der Waals surface area contributed by atoms with Crippen LogP contribution in [0.15, 0.2) is 12.3 Å². The van der Waals surface area contributed by atoms with Crippen molar-refractivity contribution in [1.29, 1.82) is 0 Å². The van der Waals surface area contributed by atoms with Crippen molar-refractivity contribution in [2.75, 3.05) is 6.54 Å². The Balaban J connectivity index is 2.21. The van der Waals surface area contributed by atoms with Crippen LogP contribution in [0.3, 0.4) is 0 Å². The van der Waals surface area contributed by atoms with Crippen molar-refractivity contribution < 1.29 is 0 Å². The van der Waals surface area contributed by atoms with Gasteiger partial charge in [-0.15, -0.1) is 0 Å². The zero-order chi connectivity index (χ0) is 8.39. The lowest BCUT2D eigenvalue weighted by atomic mass is 10.1. The van der Waals surface area contributed by atoms with Crippen LogP contribution in [0.1, 0.15) is 24.6 Å².